The van der Waals surface area contributed by atoms with Crippen molar-refractivity contribution in [1.29, 1.82) is 5.26 Å². The van der Waals surface area contributed by atoms with Gasteiger partial charge < -0.3 is 4.74 Å². The van der Waals surface area contributed by atoms with E-state index in [-0.39, 0.29) is 0 Å². The zero-order valence-electron chi connectivity index (χ0n) is 8.73. The molecule has 0 atom stereocenters. The molecule has 0 N–H and O–H groups in total. The number of hydrogen-bond donors (Lipinski definition) is 0. The Balaban J connectivity index is 2.79. The summed E-state index contributed by atoms with van der Waals surface area (Å²) in [6, 6.07) is 2.15. The molecule has 0 aromatic carbocycles. The molecule has 4 nitrogen and oxygen atoms in total. The van der Waals surface area contributed by atoms with Crippen LogP contribution in [-0.2, 0) is 24.2 Å². The molecule has 0 saturated carbocycles. The van der Waals surface area contributed by atoms with Gasteiger partial charge in [-0.05, 0) is 0 Å². The summed E-state index contributed by atoms with van der Waals surface area (Å²) in [5.74, 6) is 1.17. The van der Waals surface area contributed by atoms with Gasteiger partial charge in [-0.3, -0.25) is 0 Å². The monoisotopic (exact) mass is 194 g/mol. The van der Waals surface area contributed by atoms with E-state index in [0.717, 1.165) is 13.0 Å². The maximum atomic E-state index is 8.62. The van der Waals surface area contributed by atoms with E-state index in [2.05, 4.69) is 17.6 Å². The molecule has 0 bridgehead atoms. The Morgan fingerprint density at radius 3 is 3.00 bits per heavy atom. The van der Waals surface area contributed by atoms with Crippen molar-refractivity contribution < 1.29 is 9.30 Å². The van der Waals surface area contributed by atoms with Gasteiger partial charge in [0.2, 0.25) is 0 Å². The zero-order valence-corrected chi connectivity index (χ0v) is 8.73. The van der Waals surface area contributed by atoms with Gasteiger partial charge in [0, 0.05) is 13.5 Å². The number of nitrogens with zero attached hydrogens (tertiary/aromatic N) is 3. The highest BCUT2D eigenvalue weighted by molar-refractivity contribution is 4.87. The van der Waals surface area contributed by atoms with Crippen LogP contribution in [0.15, 0.2) is 12.4 Å². The molecule has 0 aliphatic carbocycles. The van der Waals surface area contributed by atoms with Crippen LogP contribution in [0.4, 0.5) is 0 Å². The number of rotatable bonds is 5. The molecule has 0 unspecified atom stereocenters. The summed E-state index contributed by atoms with van der Waals surface area (Å²) >= 11 is 0. The molecule has 4 heteroatoms. The second kappa shape index (κ2) is 5.40. The van der Waals surface area contributed by atoms with Crippen LogP contribution < -0.4 is 4.57 Å². The van der Waals surface area contributed by atoms with Crippen LogP contribution >= 0.6 is 0 Å². The molecule has 76 valence electrons. The minimum Gasteiger partial charge on any atom is -0.381 e. The molecule has 1 aromatic heterocycles. The van der Waals surface area contributed by atoms with Crippen molar-refractivity contribution in [3.8, 4) is 6.07 Å². The van der Waals surface area contributed by atoms with E-state index >= 15 is 0 Å². The summed E-state index contributed by atoms with van der Waals surface area (Å²) < 4.78 is 9.11. The number of methoxy groups -OCH3 is 1. The smallest absolute Gasteiger partial charge is 0.257 e. The molecule has 0 radical (unpaired) electrons. The van der Waals surface area contributed by atoms with E-state index in [0.29, 0.717) is 13.2 Å². The van der Waals surface area contributed by atoms with E-state index in [1.165, 1.54) is 5.82 Å². The summed E-state index contributed by atoms with van der Waals surface area (Å²) in [5.41, 5.74) is 0. The summed E-state index contributed by atoms with van der Waals surface area (Å²) in [7, 11) is 1.69. The largest absolute Gasteiger partial charge is 0.381 e. The lowest BCUT2D eigenvalue weighted by molar-refractivity contribution is -0.705. The number of aromatic nitrogens is 2. The van der Waals surface area contributed by atoms with Crippen LogP contribution in [0, 0.1) is 11.3 Å². The van der Waals surface area contributed by atoms with Gasteiger partial charge in [0.05, 0.1) is 6.61 Å². The highest BCUT2D eigenvalue weighted by Crippen LogP contribution is 1.96. The quantitative estimate of drug-likeness (QED) is 0.641. The molecule has 0 spiro atoms. The molecule has 0 amide bonds. The average Bonchev–Trinajstić information content (AvgIpc) is 2.58. The Hall–Kier alpha value is -1.34. The molecule has 1 aromatic rings. The summed E-state index contributed by atoms with van der Waals surface area (Å²) in [4.78, 5) is 0. The van der Waals surface area contributed by atoms with Crippen LogP contribution in [0.1, 0.15) is 12.7 Å². The first-order valence-corrected chi connectivity index (χ1v) is 4.76. The standard InChI is InChI=1S/C10H16N3O/c1-3-10-12(5-4-11)6-7-13(10)8-9-14-2/h6-7H,3,5,8-9H2,1-2H3/q+1. The lowest BCUT2D eigenvalue weighted by Crippen LogP contribution is -2.38. The van der Waals surface area contributed by atoms with E-state index in [1.54, 1.807) is 7.11 Å². The number of ether oxygens (including phenoxy) is 1. The molecule has 0 saturated heterocycles. The van der Waals surface area contributed by atoms with E-state index in [4.69, 9.17) is 10.00 Å². The van der Waals surface area contributed by atoms with Gasteiger partial charge in [0.15, 0.2) is 6.54 Å². The van der Waals surface area contributed by atoms with Gasteiger partial charge in [0.25, 0.3) is 5.82 Å². The van der Waals surface area contributed by atoms with Crippen molar-refractivity contribution in [1.82, 2.24) is 4.57 Å². The van der Waals surface area contributed by atoms with E-state index < -0.39 is 0 Å². The molecule has 1 rings (SSSR count). The Bertz CT molecular complexity index is 325. The normalized spacial score (nSPS) is 10.1. The van der Waals surface area contributed by atoms with Crippen LogP contribution in [-0.4, -0.2) is 18.3 Å². The first kappa shape index (κ1) is 10.7. The third kappa shape index (κ3) is 2.33. The predicted octanol–water partition coefficient (Wildman–Crippen LogP) is 0.508. The fraction of sp³-hybridized carbons (Fsp3) is 0.600. The lowest BCUT2D eigenvalue weighted by atomic mass is 10.4. The summed E-state index contributed by atoms with van der Waals surface area (Å²) in [5, 5.41) is 8.62. The van der Waals surface area contributed by atoms with Crippen molar-refractivity contribution in [2.75, 3.05) is 13.7 Å². The Labute approximate surface area is 84.3 Å². The number of nitriles is 1. The number of hydrogen-bond acceptors (Lipinski definition) is 2. The SMILES string of the molecule is CCc1n(CC#N)cc[n+]1CCOC. The highest BCUT2D eigenvalue weighted by atomic mass is 16.5. The topological polar surface area (TPSA) is 41.8 Å². The van der Waals surface area contributed by atoms with Crippen molar-refractivity contribution in [2.24, 2.45) is 0 Å². The van der Waals surface area contributed by atoms with Crippen LogP contribution in [0.5, 0.6) is 0 Å². The summed E-state index contributed by atoms with van der Waals surface area (Å²) in [6.07, 6.45) is 4.87. The Morgan fingerprint density at radius 2 is 2.43 bits per heavy atom. The number of imidazole rings is 1. The minimum absolute atomic E-state index is 0.420. The fourth-order valence-electron chi connectivity index (χ4n) is 1.52. The minimum atomic E-state index is 0.420. The predicted molar refractivity (Wildman–Crippen MR) is 51.5 cm³/mol. The lowest BCUT2D eigenvalue weighted by Gasteiger charge is -2.00. The van der Waals surface area contributed by atoms with Gasteiger partial charge in [-0.1, -0.05) is 6.92 Å². The van der Waals surface area contributed by atoms with Crippen LogP contribution in [0.3, 0.4) is 0 Å². The van der Waals surface area contributed by atoms with Gasteiger partial charge >= 0.3 is 0 Å². The maximum absolute atomic E-state index is 8.62. The zero-order chi connectivity index (χ0) is 10.4. The molecular weight excluding hydrogens is 178 g/mol. The first-order chi connectivity index (χ1) is 6.83. The van der Waals surface area contributed by atoms with E-state index in [1.807, 2.05) is 17.0 Å². The Morgan fingerprint density at radius 1 is 1.64 bits per heavy atom. The third-order valence-electron chi connectivity index (χ3n) is 2.18. The third-order valence-corrected chi connectivity index (χ3v) is 2.18. The van der Waals surface area contributed by atoms with Crippen molar-refractivity contribution in [3.63, 3.8) is 0 Å². The van der Waals surface area contributed by atoms with Crippen molar-refractivity contribution >= 4 is 0 Å². The van der Waals surface area contributed by atoms with E-state index in [9.17, 15) is 0 Å². The van der Waals surface area contributed by atoms with Crippen molar-refractivity contribution in [2.45, 2.75) is 26.4 Å². The molecule has 1 heterocycles. The molecule has 0 fully saturated rings. The van der Waals surface area contributed by atoms with Gasteiger partial charge in [-0.25, -0.2) is 9.13 Å². The van der Waals surface area contributed by atoms with Gasteiger partial charge in [0.1, 0.15) is 25.0 Å². The van der Waals surface area contributed by atoms with Gasteiger partial charge in [-0.2, -0.15) is 5.26 Å². The molecular formula is C10H16N3O+. The van der Waals surface area contributed by atoms with Crippen LogP contribution in [0.25, 0.3) is 0 Å². The first-order valence-electron chi connectivity index (χ1n) is 4.76. The molecule has 14 heavy (non-hydrogen) atoms. The Kier molecular flexibility index (Phi) is 4.14. The molecule has 0 aliphatic rings. The molecule has 0 aliphatic heterocycles. The van der Waals surface area contributed by atoms with Crippen LogP contribution in [0.2, 0.25) is 0 Å². The second-order valence-electron chi connectivity index (χ2n) is 3.04. The highest BCUT2D eigenvalue weighted by Gasteiger charge is 2.13. The maximum Gasteiger partial charge on any atom is 0.257 e. The van der Waals surface area contributed by atoms with Crippen molar-refractivity contribution in [3.05, 3.63) is 18.2 Å². The summed E-state index contributed by atoms with van der Waals surface area (Å²) in [6.45, 7) is 4.06. The fourth-order valence-corrected chi connectivity index (χ4v) is 1.52. The van der Waals surface area contributed by atoms with Gasteiger partial charge in [-0.15, -0.1) is 0 Å². The second-order valence-corrected chi connectivity index (χ2v) is 3.04. The average molecular weight is 194 g/mol.